The molecule has 2 nitrogen and oxygen atoms in total. The van der Waals surface area contributed by atoms with Gasteiger partial charge in [0.2, 0.25) is 0 Å². The van der Waals surface area contributed by atoms with E-state index in [1.165, 1.54) is 0 Å². The molecule has 2 rings (SSSR count). The van der Waals surface area contributed by atoms with Crippen LogP contribution >= 0.6 is 27.5 Å². The summed E-state index contributed by atoms with van der Waals surface area (Å²) in [5.41, 5.74) is 1.94. The third-order valence-electron chi connectivity index (χ3n) is 3.50. The van der Waals surface area contributed by atoms with Gasteiger partial charge in [-0.25, -0.2) is 0 Å². The molecule has 0 aromatic heterocycles. The minimum absolute atomic E-state index is 0.172. The van der Waals surface area contributed by atoms with Gasteiger partial charge in [0, 0.05) is 5.33 Å². The molecule has 2 aromatic rings. The van der Waals surface area contributed by atoms with E-state index in [0.717, 1.165) is 11.1 Å². The van der Waals surface area contributed by atoms with Crippen LogP contribution in [0.5, 0.6) is 0 Å². The lowest BCUT2D eigenvalue weighted by Gasteiger charge is -2.29. The number of halogens is 2. The van der Waals surface area contributed by atoms with Crippen molar-refractivity contribution in [3.63, 3.8) is 0 Å². The highest BCUT2D eigenvalue weighted by molar-refractivity contribution is 9.09. The monoisotopic (exact) mass is 365 g/mol. The van der Waals surface area contributed by atoms with Crippen LogP contribution in [0.4, 0.5) is 0 Å². The Balaban J connectivity index is 2.30. The molecule has 2 aromatic carbocycles. The summed E-state index contributed by atoms with van der Waals surface area (Å²) in [6.07, 6.45) is 0. The zero-order valence-corrected chi connectivity index (χ0v) is 14.3. The van der Waals surface area contributed by atoms with Crippen molar-refractivity contribution < 1.29 is 4.79 Å². The molecule has 0 saturated heterocycles. The van der Waals surface area contributed by atoms with Gasteiger partial charge >= 0.3 is 0 Å². The van der Waals surface area contributed by atoms with E-state index >= 15 is 0 Å². The maximum absolute atomic E-state index is 12.5. The van der Waals surface area contributed by atoms with E-state index in [1.54, 1.807) is 6.07 Å². The molecular formula is C17H17BrClNO. The number of alkyl halides is 1. The smallest absolute Gasteiger partial charge is 0.253 e. The van der Waals surface area contributed by atoms with Crippen LogP contribution in [-0.2, 0) is 5.54 Å². The summed E-state index contributed by atoms with van der Waals surface area (Å²) in [4.78, 5) is 12.5. The van der Waals surface area contributed by atoms with E-state index in [-0.39, 0.29) is 5.91 Å². The second-order valence-electron chi connectivity index (χ2n) is 5.22. The van der Waals surface area contributed by atoms with Crippen LogP contribution in [0.1, 0.15) is 28.4 Å². The fourth-order valence-corrected chi connectivity index (χ4v) is 2.81. The van der Waals surface area contributed by atoms with Crippen LogP contribution < -0.4 is 5.32 Å². The van der Waals surface area contributed by atoms with Crippen molar-refractivity contribution in [1.82, 2.24) is 5.32 Å². The number of hydrogen-bond donors (Lipinski definition) is 1. The molecule has 0 saturated carbocycles. The first-order valence-electron chi connectivity index (χ1n) is 6.67. The highest BCUT2D eigenvalue weighted by atomic mass is 79.9. The Morgan fingerprint density at radius 1 is 1.19 bits per heavy atom. The average molecular weight is 367 g/mol. The average Bonchev–Trinajstić information content (AvgIpc) is 2.50. The summed E-state index contributed by atoms with van der Waals surface area (Å²) < 4.78 is 0. The number of amides is 1. The summed E-state index contributed by atoms with van der Waals surface area (Å²) in [6.45, 7) is 3.87. The van der Waals surface area contributed by atoms with Gasteiger partial charge in [0.1, 0.15) is 0 Å². The zero-order valence-electron chi connectivity index (χ0n) is 12.0. The maximum atomic E-state index is 12.5. The molecule has 0 spiro atoms. The molecule has 1 N–H and O–H groups in total. The predicted octanol–water partition coefficient (Wildman–Crippen LogP) is 4.69. The topological polar surface area (TPSA) is 29.1 Å². The number of carbonyl (C=O) groups excluding carboxylic acids is 1. The summed E-state index contributed by atoms with van der Waals surface area (Å²) in [5, 5.41) is 4.18. The number of benzene rings is 2. The molecule has 0 fully saturated rings. The van der Waals surface area contributed by atoms with Gasteiger partial charge in [0.25, 0.3) is 5.91 Å². The van der Waals surface area contributed by atoms with Crippen LogP contribution in [0.15, 0.2) is 48.5 Å². The van der Waals surface area contributed by atoms with Crippen molar-refractivity contribution in [2.24, 2.45) is 0 Å². The highest BCUT2D eigenvalue weighted by Gasteiger charge is 2.28. The minimum atomic E-state index is -0.495. The van der Waals surface area contributed by atoms with Crippen molar-refractivity contribution in [2.45, 2.75) is 19.4 Å². The standard InChI is InChI=1S/C17H17BrClNO/c1-12-7-6-10-14(15(12)19)16(21)20-17(2,11-18)13-8-4-3-5-9-13/h3-10H,11H2,1-2H3,(H,20,21). The lowest BCUT2D eigenvalue weighted by molar-refractivity contribution is 0.0914. The summed E-state index contributed by atoms with van der Waals surface area (Å²) in [5.74, 6) is -0.172. The van der Waals surface area contributed by atoms with Crippen molar-refractivity contribution in [1.29, 1.82) is 0 Å². The van der Waals surface area contributed by atoms with Crippen LogP contribution in [-0.4, -0.2) is 11.2 Å². The van der Waals surface area contributed by atoms with Crippen molar-refractivity contribution >= 4 is 33.4 Å². The Labute approximate surface area is 138 Å². The first kappa shape index (κ1) is 16.1. The second kappa shape index (κ2) is 6.63. The highest BCUT2D eigenvalue weighted by Crippen LogP contribution is 2.26. The van der Waals surface area contributed by atoms with Crippen molar-refractivity contribution in [3.8, 4) is 0 Å². The van der Waals surface area contributed by atoms with Gasteiger partial charge in [-0.2, -0.15) is 0 Å². The number of aryl methyl sites for hydroxylation is 1. The van der Waals surface area contributed by atoms with Gasteiger partial charge in [-0.3, -0.25) is 4.79 Å². The van der Waals surface area contributed by atoms with Crippen LogP contribution in [0.3, 0.4) is 0 Å². The Kier molecular flexibility index (Phi) is 5.07. The number of nitrogens with one attached hydrogen (secondary N) is 1. The molecule has 0 heterocycles. The number of hydrogen-bond acceptors (Lipinski definition) is 1. The van der Waals surface area contributed by atoms with E-state index in [9.17, 15) is 4.79 Å². The van der Waals surface area contributed by atoms with Crippen LogP contribution in [0, 0.1) is 6.92 Å². The van der Waals surface area contributed by atoms with Crippen molar-refractivity contribution in [2.75, 3.05) is 5.33 Å². The fraction of sp³-hybridized carbons (Fsp3) is 0.235. The molecule has 110 valence electrons. The molecule has 0 radical (unpaired) electrons. The summed E-state index contributed by atoms with van der Waals surface area (Å²) in [6, 6.07) is 15.3. The van der Waals surface area contributed by atoms with Gasteiger partial charge in [0.05, 0.1) is 16.1 Å². The fourth-order valence-electron chi connectivity index (χ4n) is 2.13. The molecule has 1 amide bonds. The molecular weight excluding hydrogens is 350 g/mol. The first-order chi connectivity index (χ1) is 9.98. The number of rotatable bonds is 4. The summed E-state index contributed by atoms with van der Waals surface area (Å²) >= 11 is 9.73. The molecule has 0 aliphatic heterocycles. The third kappa shape index (κ3) is 3.47. The Morgan fingerprint density at radius 2 is 1.86 bits per heavy atom. The normalized spacial score (nSPS) is 13.5. The SMILES string of the molecule is Cc1cccc(C(=O)NC(C)(CBr)c2ccccc2)c1Cl. The molecule has 0 aliphatic rings. The number of carbonyl (C=O) groups is 1. The predicted molar refractivity (Wildman–Crippen MR) is 91.2 cm³/mol. The molecule has 1 unspecified atom stereocenters. The van der Waals surface area contributed by atoms with E-state index in [4.69, 9.17) is 11.6 Å². The molecule has 4 heteroatoms. The first-order valence-corrected chi connectivity index (χ1v) is 8.17. The maximum Gasteiger partial charge on any atom is 0.253 e. The Bertz CT molecular complexity index is 644. The van der Waals surface area contributed by atoms with E-state index < -0.39 is 5.54 Å². The minimum Gasteiger partial charge on any atom is -0.342 e. The van der Waals surface area contributed by atoms with Crippen LogP contribution in [0.2, 0.25) is 5.02 Å². The molecule has 0 aliphatic carbocycles. The largest absolute Gasteiger partial charge is 0.342 e. The second-order valence-corrected chi connectivity index (χ2v) is 6.16. The third-order valence-corrected chi connectivity index (χ3v) is 5.13. The molecule has 1 atom stereocenters. The van der Waals surface area contributed by atoms with Crippen molar-refractivity contribution in [3.05, 3.63) is 70.2 Å². The van der Waals surface area contributed by atoms with Crippen LogP contribution in [0.25, 0.3) is 0 Å². The summed E-state index contributed by atoms with van der Waals surface area (Å²) in [7, 11) is 0. The quantitative estimate of drug-likeness (QED) is 0.782. The lowest BCUT2D eigenvalue weighted by atomic mass is 9.93. The van der Waals surface area contributed by atoms with Gasteiger partial charge in [-0.05, 0) is 31.0 Å². The Hall–Kier alpha value is -1.32. The van der Waals surface area contributed by atoms with E-state index in [1.807, 2.05) is 56.3 Å². The Morgan fingerprint density at radius 3 is 2.48 bits per heavy atom. The zero-order chi connectivity index (χ0) is 15.5. The lowest BCUT2D eigenvalue weighted by Crippen LogP contribution is -2.45. The van der Waals surface area contributed by atoms with Gasteiger partial charge in [-0.15, -0.1) is 0 Å². The van der Waals surface area contributed by atoms with Gasteiger partial charge in [0.15, 0.2) is 0 Å². The van der Waals surface area contributed by atoms with E-state index in [0.29, 0.717) is 15.9 Å². The van der Waals surface area contributed by atoms with Gasteiger partial charge in [-0.1, -0.05) is 70.0 Å². The molecule has 0 bridgehead atoms. The van der Waals surface area contributed by atoms with Gasteiger partial charge < -0.3 is 5.32 Å². The van der Waals surface area contributed by atoms with E-state index in [2.05, 4.69) is 21.2 Å². The molecule has 21 heavy (non-hydrogen) atoms.